The van der Waals surface area contributed by atoms with Gasteiger partial charge in [0, 0.05) is 13.1 Å². The van der Waals surface area contributed by atoms with Crippen LogP contribution >= 0.6 is 0 Å². The molecule has 1 aromatic carbocycles. The molecular weight excluding hydrogens is 365 g/mol. The lowest BCUT2D eigenvalue weighted by molar-refractivity contribution is -0.161. The van der Waals surface area contributed by atoms with Crippen molar-refractivity contribution in [3.05, 3.63) is 47.2 Å². The van der Waals surface area contributed by atoms with Gasteiger partial charge in [-0.2, -0.15) is 0 Å². The maximum absolute atomic E-state index is 14.3. The standard InChI is InChI=1S/C21H26FNO5/c1-3-26-20(25)21(13-16-7-4-5-8-17(16)22)9-6-10-23(14-21)19(24)18-15(2)27-11-12-28-18/h4-5,7-8H,3,6,9-14H2,1-2H3/t21-/m1/s1. The fraction of sp³-hybridized carbons (Fsp3) is 0.524. The highest BCUT2D eigenvalue weighted by Crippen LogP contribution is 2.36. The predicted molar refractivity (Wildman–Crippen MR) is 99.6 cm³/mol. The van der Waals surface area contributed by atoms with Crippen molar-refractivity contribution in [2.45, 2.75) is 33.1 Å². The molecule has 1 amide bonds. The van der Waals surface area contributed by atoms with Gasteiger partial charge in [-0.05, 0) is 44.7 Å². The summed E-state index contributed by atoms with van der Waals surface area (Å²) in [7, 11) is 0. The molecule has 0 N–H and O–H groups in total. The van der Waals surface area contributed by atoms with Crippen LogP contribution in [0.25, 0.3) is 0 Å². The van der Waals surface area contributed by atoms with E-state index in [1.807, 2.05) is 0 Å². The number of carbonyl (C=O) groups is 2. The monoisotopic (exact) mass is 391 g/mol. The zero-order chi connectivity index (χ0) is 20.1. The van der Waals surface area contributed by atoms with Gasteiger partial charge in [0.05, 0.1) is 12.0 Å². The van der Waals surface area contributed by atoms with E-state index in [0.29, 0.717) is 43.9 Å². The van der Waals surface area contributed by atoms with E-state index in [1.165, 1.54) is 6.07 Å². The van der Waals surface area contributed by atoms with Gasteiger partial charge >= 0.3 is 5.97 Å². The summed E-state index contributed by atoms with van der Waals surface area (Å²) < 4.78 is 30.5. The second-order valence-electron chi connectivity index (χ2n) is 7.18. The van der Waals surface area contributed by atoms with Crippen LogP contribution < -0.4 is 0 Å². The Hall–Kier alpha value is -2.57. The molecule has 28 heavy (non-hydrogen) atoms. The first-order valence-corrected chi connectivity index (χ1v) is 9.63. The van der Waals surface area contributed by atoms with Gasteiger partial charge in [-0.3, -0.25) is 9.59 Å². The van der Waals surface area contributed by atoms with Gasteiger partial charge in [-0.25, -0.2) is 4.39 Å². The summed E-state index contributed by atoms with van der Waals surface area (Å²) in [6.07, 6.45) is 1.32. The average Bonchev–Trinajstić information content (AvgIpc) is 2.70. The van der Waals surface area contributed by atoms with E-state index in [0.717, 1.165) is 0 Å². The van der Waals surface area contributed by atoms with Crippen LogP contribution in [-0.2, 0) is 30.2 Å². The van der Waals surface area contributed by atoms with Crippen molar-refractivity contribution in [1.29, 1.82) is 0 Å². The maximum Gasteiger partial charge on any atom is 0.314 e. The number of nitrogens with zero attached hydrogens (tertiary/aromatic N) is 1. The van der Waals surface area contributed by atoms with Crippen LogP contribution in [-0.4, -0.2) is 49.7 Å². The second-order valence-corrected chi connectivity index (χ2v) is 7.18. The van der Waals surface area contributed by atoms with E-state index in [9.17, 15) is 14.0 Å². The minimum atomic E-state index is -0.990. The second kappa shape index (κ2) is 8.63. The molecule has 0 aliphatic carbocycles. The summed E-state index contributed by atoms with van der Waals surface area (Å²) in [5.41, 5.74) is -0.548. The van der Waals surface area contributed by atoms with Gasteiger partial charge in [-0.1, -0.05) is 18.2 Å². The lowest BCUT2D eigenvalue weighted by Gasteiger charge is -2.41. The quantitative estimate of drug-likeness (QED) is 0.722. The van der Waals surface area contributed by atoms with Crippen molar-refractivity contribution in [2.75, 3.05) is 32.9 Å². The Bertz CT molecular complexity index is 778. The number of halogens is 1. The third kappa shape index (κ3) is 4.13. The number of amides is 1. The van der Waals surface area contributed by atoms with Crippen LogP contribution in [0.5, 0.6) is 0 Å². The van der Waals surface area contributed by atoms with Crippen molar-refractivity contribution in [3.8, 4) is 0 Å². The predicted octanol–water partition coefficient (Wildman–Crippen LogP) is 2.82. The third-order valence-corrected chi connectivity index (χ3v) is 5.22. The normalized spacial score (nSPS) is 22.3. The average molecular weight is 391 g/mol. The molecule has 0 unspecified atom stereocenters. The van der Waals surface area contributed by atoms with Gasteiger partial charge in [-0.15, -0.1) is 0 Å². The van der Waals surface area contributed by atoms with Crippen LogP contribution in [0.15, 0.2) is 35.8 Å². The Morgan fingerprint density at radius 1 is 1.25 bits per heavy atom. The Balaban J connectivity index is 1.88. The number of esters is 1. The maximum atomic E-state index is 14.3. The van der Waals surface area contributed by atoms with Crippen LogP contribution in [0, 0.1) is 11.2 Å². The van der Waals surface area contributed by atoms with E-state index in [4.69, 9.17) is 14.2 Å². The topological polar surface area (TPSA) is 65.1 Å². The molecular formula is C21H26FNO5. The number of benzene rings is 1. The number of rotatable bonds is 5. The molecule has 1 fully saturated rings. The number of allylic oxidation sites excluding steroid dienone is 1. The summed E-state index contributed by atoms with van der Waals surface area (Å²) in [5.74, 6) is -0.451. The molecule has 2 aliphatic heterocycles. The van der Waals surface area contributed by atoms with Crippen molar-refractivity contribution < 1.29 is 28.2 Å². The Kier molecular flexibility index (Phi) is 6.21. The number of carbonyl (C=O) groups excluding carboxylic acids is 2. The molecule has 152 valence electrons. The van der Waals surface area contributed by atoms with E-state index in [-0.39, 0.29) is 37.1 Å². The Morgan fingerprint density at radius 2 is 2.00 bits per heavy atom. The SMILES string of the molecule is CCOC(=O)[C@@]1(Cc2ccccc2F)CCCN(C(=O)C2=C(C)OCCO2)C1. The highest BCUT2D eigenvalue weighted by atomic mass is 19.1. The first-order valence-electron chi connectivity index (χ1n) is 9.63. The zero-order valence-corrected chi connectivity index (χ0v) is 16.3. The molecule has 2 heterocycles. The Morgan fingerprint density at radius 3 is 2.71 bits per heavy atom. The summed E-state index contributed by atoms with van der Waals surface area (Å²) in [6, 6.07) is 6.40. The molecule has 0 aromatic heterocycles. The number of hydrogen-bond acceptors (Lipinski definition) is 5. The van der Waals surface area contributed by atoms with Crippen molar-refractivity contribution in [2.24, 2.45) is 5.41 Å². The summed E-state index contributed by atoms with van der Waals surface area (Å²) in [6.45, 7) is 5.02. The summed E-state index contributed by atoms with van der Waals surface area (Å²) in [5, 5.41) is 0. The van der Waals surface area contributed by atoms with Crippen LogP contribution in [0.3, 0.4) is 0 Å². The number of piperidine rings is 1. The van der Waals surface area contributed by atoms with Crippen LogP contribution in [0.4, 0.5) is 4.39 Å². The van der Waals surface area contributed by atoms with Crippen molar-refractivity contribution >= 4 is 11.9 Å². The third-order valence-electron chi connectivity index (χ3n) is 5.22. The molecule has 2 aliphatic rings. The van der Waals surface area contributed by atoms with E-state index in [2.05, 4.69) is 0 Å². The van der Waals surface area contributed by atoms with Crippen LogP contribution in [0.1, 0.15) is 32.3 Å². The largest absolute Gasteiger partial charge is 0.491 e. The first kappa shape index (κ1) is 20.2. The minimum absolute atomic E-state index is 0.152. The van der Waals surface area contributed by atoms with E-state index in [1.54, 1.807) is 36.9 Å². The lowest BCUT2D eigenvalue weighted by Crippen LogP contribution is -2.52. The van der Waals surface area contributed by atoms with Gasteiger partial charge in [0.25, 0.3) is 5.91 Å². The highest BCUT2D eigenvalue weighted by molar-refractivity contribution is 5.92. The molecule has 0 spiro atoms. The molecule has 0 saturated carbocycles. The molecule has 0 radical (unpaired) electrons. The molecule has 3 rings (SSSR count). The molecule has 7 heteroatoms. The van der Waals surface area contributed by atoms with Gasteiger partial charge in [0.2, 0.25) is 5.76 Å². The molecule has 1 aromatic rings. The lowest BCUT2D eigenvalue weighted by atomic mass is 9.75. The van der Waals surface area contributed by atoms with Crippen LogP contribution in [0.2, 0.25) is 0 Å². The van der Waals surface area contributed by atoms with E-state index >= 15 is 0 Å². The van der Waals surface area contributed by atoms with Crippen molar-refractivity contribution in [3.63, 3.8) is 0 Å². The summed E-state index contributed by atoms with van der Waals surface area (Å²) >= 11 is 0. The van der Waals surface area contributed by atoms with Crippen molar-refractivity contribution in [1.82, 2.24) is 4.90 Å². The Labute approximate surface area is 164 Å². The fourth-order valence-corrected chi connectivity index (χ4v) is 3.84. The van der Waals surface area contributed by atoms with Gasteiger partial charge in [0.1, 0.15) is 24.8 Å². The first-order chi connectivity index (χ1) is 13.5. The summed E-state index contributed by atoms with van der Waals surface area (Å²) in [4.78, 5) is 27.5. The van der Waals surface area contributed by atoms with Gasteiger partial charge < -0.3 is 19.1 Å². The number of ether oxygens (including phenoxy) is 3. The fourth-order valence-electron chi connectivity index (χ4n) is 3.84. The van der Waals surface area contributed by atoms with E-state index < -0.39 is 11.4 Å². The number of likely N-dealkylation sites (tertiary alicyclic amines) is 1. The van der Waals surface area contributed by atoms with Gasteiger partial charge in [0.15, 0.2) is 0 Å². The molecule has 1 saturated heterocycles. The highest BCUT2D eigenvalue weighted by Gasteiger charge is 2.46. The molecule has 0 bridgehead atoms. The number of hydrogen-bond donors (Lipinski definition) is 0. The molecule has 6 nitrogen and oxygen atoms in total. The molecule has 1 atom stereocenters. The zero-order valence-electron chi connectivity index (χ0n) is 16.3. The minimum Gasteiger partial charge on any atom is -0.491 e. The smallest absolute Gasteiger partial charge is 0.314 e.